The van der Waals surface area contributed by atoms with E-state index in [1.54, 1.807) is 31.4 Å². The fourth-order valence-corrected chi connectivity index (χ4v) is 5.09. The maximum atomic E-state index is 13.1. The van der Waals surface area contributed by atoms with Crippen LogP contribution in [0.4, 0.5) is 11.4 Å². The SMILES string of the molecule is COc1cc(-c2cc(OCCCC(=O)NC(C)C(C)(C)C)cc(N3CCN(C)CC3)c2)ccc1NC(=O)c1cccc(/C(N)=C/C=N)n1. The van der Waals surface area contributed by atoms with Gasteiger partial charge in [0.1, 0.15) is 17.2 Å². The minimum Gasteiger partial charge on any atom is -0.495 e. The number of nitrogens with one attached hydrogen (secondary N) is 3. The fraction of sp³-hybridized carbons (Fsp3) is 0.405. The van der Waals surface area contributed by atoms with Crippen LogP contribution in [0.3, 0.4) is 0 Å². The second-order valence-electron chi connectivity index (χ2n) is 13.2. The smallest absolute Gasteiger partial charge is 0.274 e. The maximum Gasteiger partial charge on any atom is 0.274 e. The first-order valence-electron chi connectivity index (χ1n) is 16.3. The van der Waals surface area contributed by atoms with E-state index in [9.17, 15) is 9.59 Å². The summed E-state index contributed by atoms with van der Waals surface area (Å²) in [5.74, 6) is 0.825. The number of benzene rings is 2. The maximum absolute atomic E-state index is 13.1. The zero-order valence-corrected chi connectivity index (χ0v) is 28.9. The summed E-state index contributed by atoms with van der Waals surface area (Å²) in [5, 5.41) is 13.2. The molecule has 1 unspecified atom stereocenters. The van der Waals surface area contributed by atoms with Crippen molar-refractivity contribution in [2.45, 2.75) is 46.6 Å². The van der Waals surface area contributed by atoms with Gasteiger partial charge in [0.05, 0.1) is 30.8 Å². The number of hydrogen-bond donors (Lipinski definition) is 4. The van der Waals surface area contributed by atoms with E-state index in [2.05, 4.69) is 65.4 Å². The fourth-order valence-electron chi connectivity index (χ4n) is 5.09. The van der Waals surface area contributed by atoms with Crippen molar-refractivity contribution < 1.29 is 19.1 Å². The molecule has 1 aliphatic heterocycles. The lowest BCUT2D eigenvalue weighted by Gasteiger charge is -2.34. The second-order valence-corrected chi connectivity index (χ2v) is 13.2. The number of carbonyl (C=O) groups excluding carboxylic acids is 2. The van der Waals surface area contributed by atoms with Crippen molar-refractivity contribution in [1.82, 2.24) is 15.2 Å². The molecule has 11 nitrogen and oxygen atoms in total. The van der Waals surface area contributed by atoms with E-state index in [0.717, 1.165) is 55.0 Å². The first kappa shape index (κ1) is 35.9. The van der Waals surface area contributed by atoms with Crippen LogP contribution in [-0.2, 0) is 4.79 Å². The molecule has 0 aliphatic carbocycles. The molecule has 4 rings (SSSR count). The molecule has 1 saturated heterocycles. The Kier molecular flexibility index (Phi) is 12.2. The van der Waals surface area contributed by atoms with Gasteiger partial charge in [-0.25, -0.2) is 4.98 Å². The number of likely N-dealkylation sites (N-methyl/N-ethyl adjacent to an activating group) is 1. The van der Waals surface area contributed by atoms with Crippen LogP contribution < -0.4 is 30.7 Å². The molecule has 11 heteroatoms. The Bertz CT molecular complexity index is 1620. The number of carbonyl (C=O) groups is 2. The summed E-state index contributed by atoms with van der Waals surface area (Å²) in [6.07, 6.45) is 3.48. The second kappa shape index (κ2) is 16.3. The molecular formula is C37H49N7O4. The van der Waals surface area contributed by atoms with E-state index in [-0.39, 0.29) is 23.1 Å². The van der Waals surface area contributed by atoms with Gasteiger partial charge in [-0.3, -0.25) is 9.59 Å². The van der Waals surface area contributed by atoms with Crippen LogP contribution in [0, 0.1) is 10.8 Å². The van der Waals surface area contributed by atoms with E-state index in [0.29, 0.717) is 42.3 Å². The molecule has 0 bridgehead atoms. The molecule has 1 atom stereocenters. The van der Waals surface area contributed by atoms with Crippen LogP contribution in [0.15, 0.2) is 60.7 Å². The van der Waals surface area contributed by atoms with Crippen molar-refractivity contribution in [2.24, 2.45) is 11.1 Å². The number of pyridine rings is 1. The molecule has 2 amide bonds. The zero-order valence-electron chi connectivity index (χ0n) is 28.9. The summed E-state index contributed by atoms with van der Waals surface area (Å²) in [6.45, 7) is 12.5. The lowest BCUT2D eigenvalue weighted by atomic mass is 9.88. The summed E-state index contributed by atoms with van der Waals surface area (Å²) < 4.78 is 11.9. The largest absolute Gasteiger partial charge is 0.495 e. The van der Waals surface area contributed by atoms with Crippen LogP contribution in [0.5, 0.6) is 11.5 Å². The van der Waals surface area contributed by atoms with Gasteiger partial charge in [0, 0.05) is 56.6 Å². The summed E-state index contributed by atoms with van der Waals surface area (Å²) >= 11 is 0. The molecule has 256 valence electrons. The number of amides is 2. The highest BCUT2D eigenvalue weighted by atomic mass is 16.5. The van der Waals surface area contributed by atoms with Crippen molar-refractivity contribution in [1.29, 1.82) is 5.41 Å². The number of hydrogen-bond acceptors (Lipinski definition) is 9. The highest BCUT2D eigenvalue weighted by Gasteiger charge is 2.22. The van der Waals surface area contributed by atoms with Crippen LogP contribution >= 0.6 is 0 Å². The number of piperazine rings is 1. The lowest BCUT2D eigenvalue weighted by molar-refractivity contribution is -0.122. The average Bonchev–Trinajstić information content (AvgIpc) is 3.06. The molecule has 1 fully saturated rings. The number of nitrogens with two attached hydrogens (primary N) is 1. The Morgan fingerprint density at radius 3 is 2.46 bits per heavy atom. The average molecular weight is 656 g/mol. The van der Waals surface area contributed by atoms with Gasteiger partial charge in [0.25, 0.3) is 5.91 Å². The first-order valence-corrected chi connectivity index (χ1v) is 16.3. The molecule has 2 aromatic carbocycles. The normalized spacial score (nSPS) is 14.6. The predicted octanol–water partition coefficient (Wildman–Crippen LogP) is 5.42. The van der Waals surface area contributed by atoms with E-state index >= 15 is 0 Å². The molecule has 5 N–H and O–H groups in total. The van der Waals surface area contributed by atoms with Gasteiger partial charge < -0.3 is 41.1 Å². The summed E-state index contributed by atoms with van der Waals surface area (Å²) in [4.78, 5) is 34.7. The molecule has 0 saturated carbocycles. The van der Waals surface area contributed by atoms with Crippen LogP contribution in [0.1, 0.15) is 56.7 Å². The van der Waals surface area contributed by atoms with E-state index in [1.165, 1.54) is 6.08 Å². The Morgan fingerprint density at radius 1 is 1.04 bits per heavy atom. The topological polar surface area (TPSA) is 146 Å². The third-order valence-electron chi connectivity index (χ3n) is 8.58. The Morgan fingerprint density at radius 2 is 1.77 bits per heavy atom. The third kappa shape index (κ3) is 9.80. The Balaban J connectivity index is 1.53. The van der Waals surface area contributed by atoms with Crippen molar-refractivity contribution in [3.05, 3.63) is 72.1 Å². The number of aromatic nitrogens is 1. The van der Waals surface area contributed by atoms with Gasteiger partial charge in [-0.1, -0.05) is 32.9 Å². The standard InChI is InChI=1S/C37H49N7O4/c1-25(37(2,3)4)40-35(45)11-8-20-48-29-22-27(21-28(24-29)44-18-16-43(5)17-19-44)26-12-13-32(34(23-26)47-6)42-36(46)33-10-7-9-31(41-33)30(39)14-15-38/h7,9-10,12-15,21-25,38H,8,11,16-20,39H2,1-6H3,(H,40,45)(H,42,46)/b30-14-,38-15?. The van der Waals surface area contributed by atoms with Crippen LogP contribution in [0.25, 0.3) is 16.8 Å². The molecule has 0 spiro atoms. The van der Waals surface area contributed by atoms with Crippen LogP contribution in [-0.4, -0.2) is 80.9 Å². The Hall–Kier alpha value is -4.90. The van der Waals surface area contributed by atoms with Gasteiger partial charge in [-0.2, -0.15) is 0 Å². The van der Waals surface area contributed by atoms with Crippen LogP contribution in [0.2, 0.25) is 0 Å². The van der Waals surface area contributed by atoms with Crippen molar-refractivity contribution >= 4 is 35.1 Å². The molecule has 2 heterocycles. The number of ether oxygens (including phenoxy) is 2. The highest BCUT2D eigenvalue weighted by molar-refractivity contribution is 6.04. The predicted molar refractivity (Wildman–Crippen MR) is 193 cm³/mol. The van der Waals surface area contributed by atoms with Gasteiger partial charge in [-0.05, 0) is 79.4 Å². The molecule has 1 aliphatic rings. The number of allylic oxidation sites excluding steroid dienone is 1. The van der Waals surface area contributed by atoms with E-state index in [4.69, 9.17) is 20.6 Å². The summed E-state index contributed by atoms with van der Waals surface area (Å²) in [5.41, 5.74) is 10.2. The zero-order chi connectivity index (χ0) is 34.8. The quantitative estimate of drug-likeness (QED) is 0.141. The summed E-state index contributed by atoms with van der Waals surface area (Å²) in [6, 6.07) is 16.9. The number of anilines is 2. The van der Waals surface area contributed by atoms with Crippen molar-refractivity contribution in [2.75, 3.05) is 57.2 Å². The molecular weight excluding hydrogens is 606 g/mol. The minimum absolute atomic E-state index is 0.00353. The van der Waals surface area contributed by atoms with E-state index < -0.39 is 5.91 Å². The molecule has 48 heavy (non-hydrogen) atoms. The molecule has 3 aromatic rings. The van der Waals surface area contributed by atoms with Gasteiger partial charge in [-0.15, -0.1) is 0 Å². The van der Waals surface area contributed by atoms with Crippen molar-refractivity contribution in [3.63, 3.8) is 0 Å². The van der Waals surface area contributed by atoms with Crippen molar-refractivity contribution in [3.8, 4) is 22.6 Å². The number of rotatable bonds is 13. The lowest BCUT2D eigenvalue weighted by Crippen LogP contribution is -2.44. The van der Waals surface area contributed by atoms with E-state index in [1.807, 2.05) is 25.1 Å². The number of methoxy groups -OCH3 is 1. The monoisotopic (exact) mass is 655 g/mol. The first-order chi connectivity index (χ1) is 22.9. The number of nitrogens with zero attached hydrogens (tertiary/aromatic N) is 3. The third-order valence-corrected chi connectivity index (χ3v) is 8.58. The highest BCUT2D eigenvalue weighted by Crippen LogP contribution is 2.35. The minimum atomic E-state index is -0.417. The van der Waals surface area contributed by atoms with Gasteiger partial charge in [0.2, 0.25) is 5.91 Å². The van der Waals surface area contributed by atoms with Gasteiger partial charge in [0.15, 0.2) is 0 Å². The van der Waals surface area contributed by atoms with Gasteiger partial charge >= 0.3 is 0 Å². The Labute approximate surface area is 284 Å². The molecule has 1 aromatic heterocycles. The molecule has 0 radical (unpaired) electrons. The summed E-state index contributed by atoms with van der Waals surface area (Å²) in [7, 11) is 3.69.